The molecule has 0 spiro atoms. The van der Waals surface area contributed by atoms with Gasteiger partial charge in [-0.1, -0.05) is 11.6 Å². The van der Waals surface area contributed by atoms with Crippen LogP contribution >= 0.6 is 27.5 Å². The fraction of sp³-hybridized carbons (Fsp3) is 0.133. The van der Waals surface area contributed by atoms with Crippen molar-refractivity contribution in [1.82, 2.24) is 0 Å². The Kier molecular flexibility index (Phi) is 4.35. The van der Waals surface area contributed by atoms with Gasteiger partial charge in [0.1, 0.15) is 0 Å². The zero-order valence-electron chi connectivity index (χ0n) is 11.1. The van der Waals surface area contributed by atoms with Crippen LogP contribution in [0.2, 0.25) is 5.02 Å². The number of benzene rings is 2. The van der Waals surface area contributed by atoms with E-state index in [9.17, 15) is 4.79 Å². The Morgan fingerprint density at radius 3 is 2.55 bits per heavy atom. The summed E-state index contributed by atoms with van der Waals surface area (Å²) in [4.78, 5) is 12.3. The number of aryl methyl sites for hydroxylation is 2. The number of hydrogen-bond acceptors (Lipinski definition) is 2. The van der Waals surface area contributed by atoms with E-state index in [0.29, 0.717) is 20.7 Å². The van der Waals surface area contributed by atoms with Gasteiger partial charge >= 0.3 is 0 Å². The smallest absolute Gasteiger partial charge is 0.256 e. The van der Waals surface area contributed by atoms with Gasteiger partial charge in [-0.05, 0) is 71.2 Å². The van der Waals surface area contributed by atoms with Crippen LogP contribution < -0.4 is 11.1 Å². The molecule has 20 heavy (non-hydrogen) atoms. The Hall–Kier alpha value is -1.52. The molecular weight excluding hydrogens is 340 g/mol. The molecule has 0 aliphatic rings. The van der Waals surface area contributed by atoms with Gasteiger partial charge in [0.2, 0.25) is 0 Å². The maximum Gasteiger partial charge on any atom is 0.256 e. The third-order valence-electron chi connectivity index (χ3n) is 3.04. The van der Waals surface area contributed by atoms with Crippen molar-refractivity contribution < 1.29 is 4.79 Å². The van der Waals surface area contributed by atoms with Crippen molar-refractivity contribution in [2.45, 2.75) is 13.8 Å². The second-order valence-corrected chi connectivity index (χ2v) is 5.89. The highest BCUT2D eigenvalue weighted by molar-refractivity contribution is 9.10. The van der Waals surface area contributed by atoms with Crippen molar-refractivity contribution >= 4 is 44.8 Å². The number of nitrogens with two attached hydrogens (primary N) is 1. The molecule has 1 amide bonds. The highest BCUT2D eigenvalue weighted by atomic mass is 79.9. The highest BCUT2D eigenvalue weighted by Gasteiger charge is 2.12. The molecule has 3 nitrogen and oxygen atoms in total. The molecular formula is C15H14BrClN2O. The third-order valence-corrected chi connectivity index (χ3v) is 3.93. The van der Waals surface area contributed by atoms with Gasteiger partial charge in [0.15, 0.2) is 0 Å². The van der Waals surface area contributed by atoms with Crippen LogP contribution in [0.1, 0.15) is 21.5 Å². The Morgan fingerprint density at radius 2 is 1.90 bits per heavy atom. The molecule has 5 heteroatoms. The number of nitrogens with one attached hydrogen (secondary N) is 1. The van der Waals surface area contributed by atoms with Crippen LogP contribution in [-0.4, -0.2) is 5.91 Å². The summed E-state index contributed by atoms with van der Waals surface area (Å²) < 4.78 is 0.660. The van der Waals surface area contributed by atoms with Gasteiger partial charge in [0, 0.05) is 20.9 Å². The van der Waals surface area contributed by atoms with Gasteiger partial charge < -0.3 is 11.1 Å². The van der Waals surface area contributed by atoms with Gasteiger partial charge in [0.05, 0.1) is 5.56 Å². The van der Waals surface area contributed by atoms with Crippen molar-refractivity contribution in [2.24, 2.45) is 0 Å². The van der Waals surface area contributed by atoms with Gasteiger partial charge in [-0.25, -0.2) is 0 Å². The monoisotopic (exact) mass is 352 g/mol. The van der Waals surface area contributed by atoms with E-state index in [1.54, 1.807) is 18.2 Å². The van der Waals surface area contributed by atoms with Crippen molar-refractivity contribution in [3.05, 3.63) is 56.5 Å². The maximum absolute atomic E-state index is 12.3. The molecule has 0 aliphatic heterocycles. The molecule has 2 aromatic carbocycles. The molecule has 2 rings (SSSR count). The Balaban J connectivity index is 2.30. The molecule has 0 atom stereocenters. The Bertz CT molecular complexity index is 686. The number of halogens is 2. The third kappa shape index (κ3) is 3.14. The van der Waals surface area contributed by atoms with E-state index >= 15 is 0 Å². The summed E-state index contributed by atoms with van der Waals surface area (Å²) in [5, 5.41) is 3.46. The summed E-state index contributed by atoms with van der Waals surface area (Å²) in [6.07, 6.45) is 0. The molecule has 0 heterocycles. The van der Waals surface area contributed by atoms with Crippen LogP contribution in [0.3, 0.4) is 0 Å². The topological polar surface area (TPSA) is 55.1 Å². The zero-order valence-corrected chi connectivity index (χ0v) is 13.5. The SMILES string of the molecule is Cc1cc(NC(=O)c2ccc(Cl)cc2Br)c(C)cc1N. The first-order valence-electron chi connectivity index (χ1n) is 6.01. The summed E-state index contributed by atoms with van der Waals surface area (Å²) in [5.41, 5.74) is 9.69. The van der Waals surface area contributed by atoms with Crippen molar-refractivity contribution in [2.75, 3.05) is 11.1 Å². The predicted molar refractivity (Wildman–Crippen MR) is 87.4 cm³/mol. The van der Waals surface area contributed by atoms with E-state index in [4.69, 9.17) is 17.3 Å². The van der Waals surface area contributed by atoms with Crippen LogP contribution in [0, 0.1) is 13.8 Å². The fourth-order valence-electron chi connectivity index (χ4n) is 1.84. The standard InChI is InChI=1S/C15H14BrClN2O/c1-8-6-14(9(2)5-13(8)18)19-15(20)11-4-3-10(17)7-12(11)16/h3-7H,18H2,1-2H3,(H,19,20). The molecule has 0 unspecified atom stereocenters. The number of amides is 1. The van der Waals surface area contributed by atoms with Gasteiger partial charge in [-0.3, -0.25) is 4.79 Å². The zero-order chi connectivity index (χ0) is 14.9. The number of hydrogen-bond donors (Lipinski definition) is 2. The number of nitrogen functional groups attached to an aromatic ring is 1. The average Bonchev–Trinajstić information content (AvgIpc) is 2.35. The van der Waals surface area contributed by atoms with Crippen LogP contribution in [0.25, 0.3) is 0 Å². The number of anilines is 2. The second-order valence-electron chi connectivity index (χ2n) is 4.60. The predicted octanol–water partition coefficient (Wildman–Crippen LogP) is 4.55. The molecule has 0 fully saturated rings. The van der Waals surface area contributed by atoms with E-state index in [-0.39, 0.29) is 5.91 Å². The first kappa shape index (κ1) is 14.9. The summed E-state index contributed by atoms with van der Waals surface area (Å²) in [6.45, 7) is 3.81. The largest absolute Gasteiger partial charge is 0.399 e. The van der Waals surface area contributed by atoms with Gasteiger partial charge in [-0.15, -0.1) is 0 Å². The van der Waals surface area contributed by atoms with Crippen LogP contribution in [0.4, 0.5) is 11.4 Å². The van der Waals surface area contributed by atoms with Gasteiger partial charge in [0.25, 0.3) is 5.91 Å². The van der Waals surface area contributed by atoms with E-state index in [2.05, 4.69) is 21.2 Å². The Morgan fingerprint density at radius 1 is 1.20 bits per heavy atom. The van der Waals surface area contributed by atoms with Crippen molar-refractivity contribution in [3.8, 4) is 0 Å². The molecule has 0 saturated heterocycles. The number of carbonyl (C=O) groups excluding carboxylic acids is 1. The normalized spacial score (nSPS) is 10.4. The van der Waals surface area contributed by atoms with Gasteiger partial charge in [-0.2, -0.15) is 0 Å². The van der Waals surface area contributed by atoms with E-state index in [1.807, 2.05) is 26.0 Å². The van der Waals surface area contributed by atoms with E-state index in [0.717, 1.165) is 16.8 Å². The summed E-state index contributed by atoms with van der Waals surface area (Å²) in [5.74, 6) is -0.194. The van der Waals surface area contributed by atoms with E-state index < -0.39 is 0 Å². The summed E-state index contributed by atoms with van der Waals surface area (Å²) in [7, 11) is 0. The lowest BCUT2D eigenvalue weighted by atomic mass is 10.1. The minimum Gasteiger partial charge on any atom is -0.399 e. The molecule has 0 saturated carbocycles. The molecule has 0 radical (unpaired) electrons. The average molecular weight is 354 g/mol. The lowest BCUT2D eigenvalue weighted by Gasteiger charge is -2.12. The molecule has 104 valence electrons. The van der Waals surface area contributed by atoms with Crippen molar-refractivity contribution in [1.29, 1.82) is 0 Å². The van der Waals surface area contributed by atoms with Crippen LogP contribution in [-0.2, 0) is 0 Å². The van der Waals surface area contributed by atoms with Crippen LogP contribution in [0.5, 0.6) is 0 Å². The lowest BCUT2D eigenvalue weighted by molar-refractivity contribution is 0.102. The molecule has 0 aliphatic carbocycles. The Labute approximate surface area is 131 Å². The minimum absolute atomic E-state index is 0.194. The number of carbonyl (C=O) groups is 1. The highest BCUT2D eigenvalue weighted by Crippen LogP contribution is 2.25. The summed E-state index contributed by atoms with van der Waals surface area (Å²) in [6, 6.07) is 8.77. The quantitative estimate of drug-likeness (QED) is 0.778. The first-order chi connectivity index (χ1) is 9.38. The van der Waals surface area contributed by atoms with Crippen LogP contribution in [0.15, 0.2) is 34.8 Å². The first-order valence-corrected chi connectivity index (χ1v) is 7.18. The second kappa shape index (κ2) is 5.85. The maximum atomic E-state index is 12.3. The number of rotatable bonds is 2. The molecule has 0 bridgehead atoms. The van der Waals surface area contributed by atoms with Crippen molar-refractivity contribution in [3.63, 3.8) is 0 Å². The molecule has 0 aromatic heterocycles. The molecule has 2 aromatic rings. The lowest BCUT2D eigenvalue weighted by Crippen LogP contribution is -2.13. The summed E-state index contributed by atoms with van der Waals surface area (Å²) >= 11 is 9.21. The molecule has 3 N–H and O–H groups in total. The minimum atomic E-state index is -0.194. The van der Waals surface area contributed by atoms with E-state index in [1.165, 1.54) is 0 Å². The fourth-order valence-corrected chi connectivity index (χ4v) is 2.70.